The first-order valence-electron chi connectivity index (χ1n) is 19.9. The summed E-state index contributed by atoms with van der Waals surface area (Å²) in [5.74, 6) is 0.687. The molecule has 4 nitrogen and oxygen atoms in total. The van der Waals surface area contributed by atoms with Gasteiger partial charge in [0.05, 0.1) is 33.3 Å². The van der Waals surface area contributed by atoms with Crippen LogP contribution in [-0.4, -0.2) is 19.1 Å². The lowest BCUT2D eigenvalue weighted by Gasteiger charge is -2.22. The molecule has 0 amide bonds. The van der Waals surface area contributed by atoms with Crippen LogP contribution in [0.15, 0.2) is 180 Å². The van der Waals surface area contributed by atoms with E-state index in [4.69, 9.17) is 9.97 Å². The van der Waals surface area contributed by atoms with Crippen molar-refractivity contribution in [3.05, 3.63) is 181 Å². The summed E-state index contributed by atoms with van der Waals surface area (Å²) < 4.78 is 4.71. The second kappa shape index (κ2) is 11.6. The summed E-state index contributed by atoms with van der Waals surface area (Å²) in [5, 5.41) is 5.99. The predicted molar refractivity (Wildman–Crippen MR) is 241 cm³/mol. The standard InChI is InChI=1S/C53H34N4S/c1-53(2)41-16-7-3-12-34(41)35-26-24-33(30-42(35)53)56-44-18-8-4-13-36(44)38-25-22-32(29-47(38)56)31-23-27-46-40(28-31)37-14-5-9-19-45(37)57(46)52-54-43-17-11-21-49-50(43)51(55-52)39-15-6-10-20-48(39)58-49/h3-30H,1-2H3. The molecular weight excluding hydrogens is 725 g/mol. The lowest BCUT2D eigenvalue weighted by atomic mass is 9.82. The number of hydrogen-bond donors (Lipinski definition) is 0. The van der Waals surface area contributed by atoms with E-state index >= 15 is 0 Å². The largest absolute Gasteiger partial charge is 0.309 e. The Morgan fingerprint density at radius 1 is 0.448 bits per heavy atom. The van der Waals surface area contributed by atoms with Crippen molar-refractivity contribution in [2.24, 2.45) is 0 Å². The maximum atomic E-state index is 5.37. The SMILES string of the molecule is CC1(C)c2ccccc2-c2ccc(-n3c4ccccc4c4ccc(-c5ccc6c(c5)c5ccccc5n6-c5nc6c7c(cccc7n5)Sc5ccccc5-6)cc43)cc21. The third-order valence-corrected chi connectivity index (χ3v) is 13.9. The van der Waals surface area contributed by atoms with Gasteiger partial charge < -0.3 is 4.57 Å². The Morgan fingerprint density at radius 3 is 1.98 bits per heavy atom. The number of fused-ring (bicyclic) bond motifs is 11. The molecule has 0 N–H and O–H groups in total. The van der Waals surface area contributed by atoms with E-state index < -0.39 is 0 Å². The lowest BCUT2D eigenvalue weighted by Crippen LogP contribution is -2.15. The van der Waals surface area contributed by atoms with Crippen LogP contribution in [0.4, 0.5) is 0 Å². The van der Waals surface area contributed by atoms with Crippen molar-refractivity contribution < 1.29 is 0 Å². The average molecular weight is 759 g/mol. The summed E-state index contributed by atoms with van der Waals surface area (Å²) in [6, 6.07) is 62.2. The molecule has 0 saturated heterocycles. The predicted octanol–water partition coefficient (Wildman–Crippen LogP) is 13.9. The van der Waals surface area contributed by atoms with Crippen LogP contribution in [0.3, 0.4) is 0 Å². The van der Waals surface area contributed by atoms with E-state index in [0.29, 0.717) is 5.95 Å². The molecule has 13 rings (SSSR count). The van der Waals surface area contributed by atoms with Gasteiger partial charge >= 0.3 is 0 Å². The highest BCUT2D eigenvalue weighted by Crippen LogP contribution is 2.50. The molecule has 272 valence electrons. The van der Waals surface area contributed by atoms with Crippen molar-refractivity contribution in [1.29, 1.82) is 0 Å². The van der Waals surface area contributed by atoms with Crippen LogP contribution in [0.1, 0.15) is 25.0 Å². The van der Waals surface area contributed by atoms with Gasteiger partial charge in [-0.15, -0.1) is 0 Å². The molecule has 3 aromatic heterocycles. The highest BCUT2D eigenvalue weighted by molar-refractivity contribution is 7.99. The average Bonchev–Trinajstić information content (AvgIpc) is 3.86. The Bertz CT molecular complexity index is 3590. The molecule has 0 atom stereocenters. The second-order valence-corrected chi connectivity index (χ2v) is 17.3. The summed E-state index contributed by atoms with van der Waals surface area (Å²) in [6.45, 7) is 4.71. The third kappa shape index (κ3) is 4.31. The van der Waals surface area contributed by atoms with Gasteiger partial charge in [0.15, 0.2) is 0 Å². The van der Waals surface area contributed by atoms with Gasteiger partial charge in [0.25, 0.3) is 0 Å². The molecule has 0 spiro atoms. The molecule has 5 heteroatoms. The normalized spacial score (nSPS) is 13.8. The minimum atomic E-state index is -0.0815. The van der Waals surface area contributed by atoms with Gasteiger partial charge in [-0.05, 0) is 94.0 Å². The zero-order chi connectivity index (χ0) is 38.3. The molecule has 11 aromatic rings. The van der Waals surface area contributed by atoms with Crippen molar-refractivity contribution in [3.8, 4) is 45.1 Å². The zero-order valence-corrected chi connectivity index (χ0v) is 32.7. The fourth-order valence-corrected chi connectivity index (χ4v) is 11.1. The summed E-state index contributed by atoms with van der Waals surface area (Å²) >= 11 is 1.80. The number of aromatic nitrogens is 4. The van der Waals surface area contributed by atoms with Crippen LogP contribution >= 0.6 is 11.8 Å². The Labute approximate surface area is 339 Å². The van der Waals surface area contributed by atoms with Crippen molar-refractivity contribution in [3.63, 3.8) is 0 Å². The first kappa shape index (κ1) is 32.2. The molecule has 8 aromatic carbocycles. The minimum absolute atomic E-state index is 0.0815. The molecule has 4 heterocycles. The van der Waals surface area contributed by atoms with Gasteiger partial charge in [-0.3, -0.25) is 4.57 Å². The third-order valence-electron chi connectivity index (χ3n) is 12.7. The Balaban J connectivity index is 0.996. The Morgan fingerprint density at radius 2 is 1.10 bits per heavy atom. The van der Waals surface area contributed by atoms with E-state index in [2.05, 4.69) is 193 Å². The Kier molecular flexibility index (Phi) is 6.41. The highest BCUT2D eigenvalue weighted by Gasteiger charge is 2.35. The fraction of sp³-hybridized carbons (Fsp3) is 0.0566. The van der Waals surface area contributed by atoms with Crippen molar-refractivity contribution >= 4 is 66.3 Å². The monoisotopic (exact) mass is 758 g/mol. The molecular formula is C53H34N4S. The number of rotatable bonds is 3. The topological polar surface area (TPSA) is 35.6 Å². The second-order valence-electron chi connectivity index (χ2n) is 16.2. The van der Waals surface area contributed by atoms with Crippen molar-refractivity contribution in [2.45, 2.75) is 29.1 Å². The summed E-state index contributed by atoms with van der Waals surface area (Å²) in [7, 11) is 0. The summed E-state index contributed by atoms with van der Waals surface area (Å²) in [4.78, 5) is 13.0. The molecule has 0 saturated carbocycles. The van der Waals surface area contributed by atoms with Crippen molar-refractivity contribution in [2.75, 3.05) is 0 Å². The molecule has 0 fully saturated rings. The molecule has 0 unspecified atom stereocenters. The van der Waals surface area contributed by atoms with E-state index in [9.17, 15) is 0 Å². The Hall–Kier alpha value is -6.95. The van der Waals surface area contributed by atoms with Gasteiger partial charge in [-0.1, -0.05) is 135 Å². The lowest BCUT2D eigenvalue weighted by molar-refractivity contribution is 0.660. The van der Waals surface area contributed by atoms with Crippen LogP contribution in [-0.2, 0) is 5.41 Å². The van der Waals surface area contributed by atoms with E-state index in [1.807, 2.05) is 0 Å². The molecule has 2 aliphatic rings. The fourth-order valence-electron chi connectivity index (χ4n) is 10.0. The first-order chi connectivity index (χ1) is 28.5. The summed E-state index contributed by atoms with van der Waals surface area (Å²) in [5.41, 5.74) is 16.6. The minimum Gasteiger partial charge on any atom is -0.309 e. The molecule has 0 bridgehead atoms. The molecule has 1 aliphatic carbocycles. The van der Waals surface area contributed by atoms with Crippen LogP contribution < -0.4 is 0 Å². The maximum Gasteiger partial charge on any atom is 0.235 e. The zero-order valence-electron chi connectivity index (χ0n) is 31.9. The highest BCUT2D eigenvalue weighted by atomic mass is 32.2. The number of para-hydroxylation sites is 2. The molecule has 0 radical (unpaired) electrons. The van der Waals surface area contributed by atoms with Crippen LogP contribution in [0.2, 0.25) is 0 Å². The number of nitrogens with zero attached hydrogens (tertiary/aromatic N) is 4. The van der Waals surface area contributed by atoms with E-state index in [-0.39, 0.29) is 5.41 Å². The smallest absolute Gasteiger partial charge is 0.235 e. The van der Waals surface area contributed by atoms with Crippen LogP contribution in [0.5, 0.6) is 0 Å². The van der Waals surface area contributed by atoms with E-state index in [1.165, 1.54) is 81.4 Å². The maximum absolute atomic E-state index is 5.37. The molecule has 58 heavy (non-hydrogen) atoms. The quantitative estimate of drug-likeness (QED) is 0.180. The number of benzene rings is 8. The van der Waals surface area contributed by atoms with Gasteiger partial charge in [-0.25, -0.2) is 9.97 Å². The van der Waals surface area contributed by atoms with E-state index in [0.717, 1.165) is 33.2 Å². The summed E-state index contributed by atoms with van der Waals surface area (Å²) in [6.07, 6.45) is 0. The van der Waals surface area contributed by atoms with Gasteiger partial charge in [0.2, 0.25) is 5.95 Å². The number of hydrogen-bond acceptors (Lipinski definition) is 3. The first-order valence-corrected chi connectivity index (χ1v) is 20.7. The van der Waals surface area contributed by atoms with Crippen LogP contribution in [0.25, 0.3) is 99.7 Å². The van der Waals surface area contributed by atoms with E-state index in [1.54, 1.807) is 11.8 Å². The van der Waals surface area contributed by atoms with Crippen molar-refractivity contribution in [1.82, 2.24) is 19.1 Å². The van der Waals surface area contributed by atoms with Gasteiger partial charge in [-0.2, -0.15) is 0 Å². The van der Waals surface area contributed by atoms with Crippen LogP contribution in [0, 0.1) is 0 Å². The van der Waals surface area contributed by atoms with Gasteiger partial charge in [0, 0.05) is 53.4 Å². The van der Waals surface area contributed by atoms with Gasteiger partial charge in [0.1, 0.15) is 0 Å². The molecule has 1 aliphatic heterocycles.